The lowest BCUT2D eigenvalue weighted by Crippen LogP contribution is -2.44. The van der Waals surface area contributed by atoms with Crippen molar-refractivity contribution in [1.29, 1.82) is 0 Å². The molecule has 128 valence electrons. The van der Waals surface area contributed by atoms with Crippen molar-refractivity contribution in [3.63, 3.8) is 0 Å². The minimum atomic E-state index is -0.774. The van der Waals surface area contributed by atoms with E-state index < -0.39 is 5.60 Å². The number of benzene rings is 1. The molecule has 0 bridgehead atoms. The van der Waals surface area contributed by atoms with Crippen LogP contribution in [0.5, 0.6) is 0 Å². The maximum Gasteiger partial charge on any atom is 0.0672 e. The summed E-state index contributed by atoms with van der Waals surface area (Å²) in [7, 11) is 0. The van der Waals surface area contributed by atoms with Gasteiger partial charge in [0.05, 0.1) is 5.60 Å². The van der Waals surface area contributed by atoms with Crippen LogP contribution in [0.25, 0.3) is 0 Å². The zero-order valence-corrected chi connectivity index (χ0v) is 15.6. The highest BCUT2D eigenvalue weighted by Crippen LogP contribution is 2.31. The second kappa shape index (κ2) is 9.31. The molecule has 6 heteroatoms. The molecule has 0 aliphatic carbocycles. The third kappa shape index (κ3) is 6.23. The van der Waals surface area contributed by atoms with E-state index in [1.165, 1.54) is 0 Å². The maximum atomic E-state index is 10.5. The molecule has 0 saturated carbocycles. The molecular weight excluding hydrogens is 343 g/mol. The molecule has 2 rings (SSSR count). The minimum absolute atomic E-state index is 0. The van der Waals surface area contributed by atoms with Crippen molar-refractivity contribution in [2.75, 3.05) is 19.6 Å². The molecule has 1 atom stereocenters. The van der Waals surface area contributed by atoms with E-state index in [0.29, 0.717) is 6.04 Å². The van der Waals surface area contributed by atoms with E-state index in [1.807, 2.05) is 38.1 Å². The number of hydrogen-bond acceptors (Lipinski definition) is 3. The predicted octanol–water partition coefficient (Wildman–Crippen LogP) is 3.46. The second-order valence-electron chi connectivity index (χ2n) is 6.40. The molecular formula is C16H27Cl3N2O. The Kier molecular flexibility index (Phi) is 9.30. The smallest absolute Gasteiger partial charge is 0.0672 e. The van der Waals surface area contributed by atoms with Crippen molar-refractivity contribution in [3.8, 4) is 0 Å². The number of aliphatic hydroxyl groups is 1. The van der Waals surface area contributed by atoms with Gasteiger partial charge in [0.15, 0.2) is 0 Å². The molecule has 0 radical (unpaired) electrons. The summed E-state index contributed by atoms with van der Waals surface area (Å²) in [5, 5.41) is 11.2. The molecule has 0 spiro atoms. The van der Waals surface area contributed by atoms with Crippen LogP contribution < -0.4 is 5.73 Å². The molecule has 0 amide bonds. The number of nitrogens with zero attached hydrogens (tertiary/aromatic N) is 1. The fourth-order valence-corrected chi connectivity index (χ4v) is 3.05. The van der Waals surface area contributed by atoms with Crippen molar-refractivity contribution >= 4 is 36.4 Å². The number of halogens is 3. The molecule has 1 saturated heterocycles. The van der Waals surface area contributed by atoms with E-state index in [0.717, 1.165) is 43.1 Å². The SMILES string of the molecule is CC(C)(O)C(CN1CCC(N)CC1)c1cccc(Cl)c1.Cl.Cl. The van der Waals surface area contributed by atoms with E-state index in [1.54, 1.807) is 0 Å². The van der Waals surface area contributed by atoms with Crippen molar-refractivity contribution < 1.29 is 5.11 Å². The number of hydrogen-bond donors (Lipinski definition) is 2. The average Bonchev–Trinajstić information content (AvgIpc) is 2.36. The van der Waals surface area contributed by atoms with Crippen LogP contribution in [0.1, 0.15) is 38.2 Å². The van der Waals surface area contributed by atoms with Gasteiger partial charge in [-0.15, -0.1) is 24.8 Å². The summed E-state index contributed by atoms with van der Waals surface area (Å²) in [6, 6.07) is 8.15. The topological polar surface area (TPSA) is 49.5 Å². The molecule has 1 aromatic rings. The zero-order chi connectivity index (χ0) is 14.8. The minimum Gasteiger partial charge on any atom is -0.390 e. The Bertz CT molecular complexity index is 443. The molecule has 0 aromatic heterocycles. The van der Waals surface area contributed by atoms with Crippen LogP contribution in [0.15, 0.2) is 24.3 Å². The van der Waals surface area contributed by atoms with E-state index in [4.69, 9.17) is 17.3 Å². The highest BCUT2D eigenvalue weighted by molar-refractivity contribution is 6.30. The normalized spacial score (nSPS) is 18.2. The lowest BCUT2D eigenvalue weighted by atomic mass is 9.84. The largest absolute Gasteiger partial charge is 0.390 e. The van der Waals surface area contributed by atoms with Crippen molar-refractivity contribution in [2.24, 2.45) is 5.73 Å². The Morgan fingerprint density at radius 3 is 2.41 bits per heavy atom. The summed E-state index contributed by atoms with van der Waals surface area (Å²) >= 11 is 6.09. The van der Waals surface area contributed by atoms with E-state index >= 15 is 0 Å². The van der Waals surface area contributed by atoms with Crippen LogP contribution in [0.4, 0.5) is 0 Å². The molecule has 1 fully saturated rings. The van der Waals surface area contributed by atoms with E-state index in [-0.39, 0.29) is 30.7 Å². The first-order valence-corrected chi connectivity index (χ1v) is 7.70. The van der Waals surface area contributed by atoms with Gasteiger partial charge in [-0.1, -0.05) is 23.7 Å². The molecule has 1 aliphatic rings. The number of rotatable bonds is 4. The number of likely N-dealkylation sites (tertiary alicyclic amines) is 1. The molecule has 1 heterocycles. The van der Waals surface area contributed by atoms with Gasteiger partial charge in [-0.05, 0) is 57.5 Å². The lowest BCUT2D eigenvalue weighted by Gasteiger charge is -2.37. The standard InChI is InChI=1S/C16H25ClN2O.2ClH/c1-16(2,20)15(12-4-3-5-13(17)10-12)11-19-8-6-14(18)7-9-19;;/h3-5,10,14-15,20H,6-9,11,18H2,1-2H3;2*1H. The molecule has 1 aromatic carbocycles. The van der Waals surface area contributed by atoms with Crippen molar-refractivity contribution in [2.45, 2.75) is 44.2 Å². The summed E-state index contributed by atoms with van der Waals surface area (Å²) < 4.78 is 0. The van der Waals surface area contributed by atoms with Gasteiger partial charge < -0.3 is 15.7 Å². The Morgan fingerprint density at radius 1 is 1.32 bits per heavy atom. The van der Waals surface area contributed by atoms with E-state index in [9.17, 15) is 5.11 Å². The fraction of sp³-hybridized carbons (Fsp3) is 0.625. The van der Waals surface area contributed by atoms with Crippen LogP contribution >= 0.6 is 36.4 Å². The maximum absolute atomic E-state index is 10.5. The molecule has 22 heavy (non-hydrogen) atoms. The van der Waals surface area contributed by atoms with Gasteiger partial charge in [-0.3, -0.25) is 0 Å². The highest BCUT2D eigenvalue weighted by Gasteiger charge is 2.31. The van der Waals surface area contributed by atoms with E-state index in [2.05, 4.69) is 4.90 Å². The third-order valence-electron chi connectivity index (χ3n) is 4.18. The van der Waals surface area contributed by atoms with Crippen LogP contribution in [-0.4, -0.2) is 41.3 Å². The van der Waals surface area contributed by atoms with Crippen LogP contribution in [0, 0.1) is 0 Å². The molecule has 1 aliphatic heterocycles. The van der Waals surface area contributed by atoms with Crippen LogP contribution in [0.2, 0.25) is 5.02 Å². The summed E-state index contributed by atoms with van der Waals surface area (Å²) in [4.78, 5) is 2.40. The van der Waals surface area contributed by atoms with Crippen LogP contribution in [-0.2, 0) is 0 Å². The first-order chi connectivity index (χ1) is 9.36. The summed E-state index contributed by atoms with van der Waals surface area (Å²) in [6.45, 7) is 6.60. The highest BCUT2D eigenvalue weighted by atomic mass is 35.5. The monoisotopic (exact) mass is 368 g/mol. The molecule has 3 N–H and O–H groups in total. The van der Waals surface area contributed by atoms with Gasteiger partial charge in [0.25, 0.3) is 0 Å². The van der Waals surface area contributed by atoms with Gasteiger partial charge in [0.1, 0.15) is 0 Å². The third-order valence-corrected chi connectivity index (χ3v) is 4.41. The Hall–Kier alpha value is -0.0300. The number of piperidine rings is 1. The first kappa shape index (κ1) is 22.0. The van der Waals surface area contributed by atoms with Gasteiger partial charge in [0.2, 0.25) is 0 Å². The average molecular weight is 370 g/mol. The summed E-state index contributed by atoms with van der Waals surface area (Å²) in [5.41, 5.74) is 6.27. The van der Waals surface area contributed by atoms with Crippen LogP contribution in [0.3, 0.4) is 0 Å². The van der Waals surface area contributed by atoms with Gasteiger partial charge >= 0.3 is 0 Å². The quantitative estimate of drug-likeness (QED) is 0.854. The Morgan fingerprint density at radius 2 is 1.91 bits per heavy atom. The molecule has 3 nitrogen and oxygen atoms in total. The Labute approximate surface area is 151 Å². The van der Waals surface area contributed by atoms with Crippen molar-refractivity contribution in [3.05, 3.63) is 34.9 Å². The summed E-state index contributed by atoms with van der Waals surface area (Å²) in [5.74, 6) is 0.0514. The fourth-order valence-electron chi connectivity index (χ4n) is 2.85. The van der Waals surface area contributed by atoms with Gasteiger partial charge in [0, 0.05) is 23.5 Å². The van der Waals surface area contributed by atoms with Crippen molar-refractivity contribution in [1.82, 2.24) is 4.90 Å². The predicted molar refractivity (Wildman–Crippen MR) is 98.6 cm³/mol. The zero-order valence-electron chi connectivity index (χ0n) is 13.2. The first-order valence-electron chi connectivity index (χ1n) is 7.32. The Balaban J connectivity index is 0.00000220. The second-order valence-corrected chi connectivity index (χ2v) is 6.84. The lowest BCUT2D eigenvalue weighted by molar-refractivity contribution is 0.0312. The summed E-state index contributed by atoms with van der Waals surface area (Å²) in [6.07, 6.45) is 2.07. The number of nitrogens with two attached hydrogens (primary N) is 1. The van der Waals surface area contributed by atoms with Gasteiger partial charge in [-0.2, -0.15) is 0 Å². The van der Waals surface area contributed by atoms with Gasteiger partial charge in [-0.25, -0.2) is 0 Å². The molecule has 1 unspecified atom stereocenters.